The minimum atomic E-state index is -3.90. The first-order chi connectivity index (χ1) is 10.8. The highest BCUT2D eigenvalue weighted by Crippen LogP contribution is 2.22. The van der Waals surface area contributed by atoms with Crippen LogP contribution in [0.4, 0.5) is 4.39 Å². The molecular weight excluding hydrogens is 317 g/mol. The lowest BCUT2D eigenvalue weighted by molar-refractivity contribution is 0.458. The Balaban J connectivity index is 2.34. The molecule has 0 atom stereocenters. The maximum absolute atomic E-state index is 13.8. The summed E-state index contributed by atoms with van der Waals surface area (Å²) in [6, 6.07) is 5.37. The molecule has 0 radical (unpaired) electrons. The molecule has 124 valence electrons. The zero-order chi connectivity index (χ0) is 17.2. The van der Waals surface area contributed by atoms with E-state index >= 15 is 0 Å². The molecule has 0 unspecified atom stereocenters. The molecule has 1 heterocycles. The van der Waals surface area contributed by atoms with Crippen LogP contribution in [-0.4, -0.2) is 29.6 Å². The normalized spacial score (nSPS) is 11.9. The van der Waals surface area contributed by atoms with Crippen molar-refractivity contribution >= 4 is 10.0 Å². The lowest BCUT2D eigenvalue weighted by atomic mass is 10.2. The molecule has 1 aromatic carbocycles. The van der Waals surface area contributed by atoms with Crippen LogP contribution < -0.4 is 0 Å². The maximum atomic E-state index is 13.8. The predicted octanol–water partition coefficient (Wildman–Crippen LogP) is 2.65. The average molecular weight is 337 g/mol. The first-order valence-corrected chi connectivity index (χ1v) is 8.57. The van der Waals surface area contributed by atoms with E-state index in [1.54, 1.807) is 10.8 Å². The van der Waals surface area contributed by atoms with E-state index in [0.29, 0.717) is 6.54 Å². The van der Waals surface area contributed by atoms with Gasteiger partial charge in [0.1, 0.15) is 10.7 Å². The van der Waals surface area contributed by atoms with Gasteiger partial charge in [0.25, 0.3) is 0 Å². The Hall–Kier alpha value is -1.99. The minimum Gasteiger partial charge on any atom is -0.265 e. The standard InChI is InChI=1S/C16H20FN3O2S/c1-5-10-20-13(3)14(12(2)18-20)11-19(4)23(21,22)16-9-7-6-8-15(16)17/h5-9H,1,10-11H2,2-4H3. The van der Waals surface area contributed by atoms with Crippen molar-refractivity contribution in [2.75, 3.05) is 7.05 Å². The lowest BCUT2D eigenvalue weighted by Crippen LogP contribution is -2.27. The van der Waals surface area contributed by atoms with Gasteiger partial charge in [0.05, 0.1) is 12.2 Å². The molecule has 1 aromatic heterocycles. The van der Waals surface area contributed by atoms with E-state index in [-0.39, 0.29) is 11.4 Å². The van der Waals surface area contributed by atoms with Gasteiger partial charge in [-0.05, 0) is 26.0 Å². The smallest absolute Gasteiger partial charge is 0.246 e. The van der Waals surface area contributed by atoms with E-state index in [9.17, 15) is 12.8 Å². The topological polar surface area (TPSA) is 55.2 Å². The molecule has 5 nitrogen and oxygen atoms in total. The molecule has 7 heteroatoms. The predicted molar refractivity (Wildman–Crippen MR) is 87.0 cm³/mol. The first kappa shape index (κ1) is 17.4. The summed E-state index contributed by atoms with van der Waals surface area (Å²) >= 11 is 0. The summed E-state index contributed by atoms with van der Waals surface area (Å²) in [5.74, 6) is -0.754. The van der Waals surface area contributed by atoms with E-state index in [1.165, 1.54) is 25.2 Å². The van der Waals surface area contributed by atoms with Gasteiger partial charge in [-0.15, -0.1) is 6.58 Å². The summed E-state index contributed by atoms with van der Waals surface area (Å²) in [5, 5.41) is 4.38. The molecule has 0 N–H and O–H groups in total. The molecule has 0 aliphatic heterocycles. The van der Waals surface area contributed by atoms with E-state index in [1.807, 2.05) is 13.8 Å². The number of hydrogen-bond acceptors (Lipinski definition) is 3. The second-order valence-corrected chi connectivity index (χ2v) is 7.32. The van der Waals surface area contributed by atoms with Gasteiger partial charge in [0.2, 0.25) is 10.0 Å². The van der Waals surface area contributed by atoms with Crippen LogP contribution in [0.3, 0.4) is 0 Å². The van der Waals surface area contributed by atoms with Gasteiger partial charge >= 0.3 is 0 Å². The SMILES string of the molecule is C=CCn1nc(C)c(CN(C)S(=O)(=O)c2ccccc2F)c1C. The highest BCUT2D eigenvalue weighted by Gasteiger charge is 2.26. The van der Waals surface area contributed by atoms with Crippen LogP contribution in [0.25, 0.3) is 0 Å². The van der Waals surface area contributed by atoms with Gasteiger partial charge in [-0.25, -0.2) is 12.8 Å². The van der Waals surface area contributed by atoms with Crippen LogP contribution >= 0.6 is 0 Å². The van der Waals surface area contributed by atoms with Crippen LogP contribution in [0.2, 0.25) is 0 Å². The van der Waals surface area contributed by atoms with Crippen LogP contribution in [0.1, 0.15) is 17.0 Å². The second kappa shape index (κ2) is 6.64. The third kappa shape index (κ3) is 3.35. The van der Waals surface area contributed by atoms with Crippen LogP contribution in [0.15, 0.2) is 41.8 Å². The molecule has 0 amide bonds. The minimum absolute atomic E-state index is 0.130. The summed E-state index contributed by atoms with van der Waals surface area (Å²) in [5.41, 5.74) is 2.44. The third-order valence-electron chi connectivity index (χ3n) is 3.74. The molecule has 0 spiro atoms. The van der Waals surface area contributed by atoms with Crippen LogP contribution in [0, 0.1) is 19.7 Å². The zero-order valence-electron chi connectivity index (χ0n) is 13.5. The van der Waals surface area contributed by atoms with Crippen molar-refractivity contribution in [3.8, 4) is 0 Å². The van der Waals surface area contributed by atoms with Crippen molar-refractivity contribution < 1.29 is 12.8 Å². The third-order valence-corrected chi connectivity index (χ3v) is 5.58. The Morgan fingerprint density at radius 1 is 1.35 bits per heavy atom. The Kier molecular flexibility index (Phi) is 5.01. The van der Waals surface area contributed by atoms with Crippen molar-refractivity contribution in [3.05, 3.63) is 59.7 Å². The fraction of sp³-hybridized carbons (Fsp3) is 0.312. The Morgan fingerprint density at radius 2 is 2.00 bits per heavy atom. The van der Waals surface area contributed by atoms with Gasteiger partial charge in [-0.1, -0.05) is 18.2 Å². The van der Waals surface area contributed by atoms with Crippen LogP contribution in [-0.2, 0) is 23.1 Å². The van der Waals surface area contributed by atoms with Crippen molar-refractivity contribution in [1.82, 2.24) is 14.1 Å². The number of nitrogens with zero attached hydrogens (tertiary/aromatic N) is 3. The number of halogens is 1. The first-order valence-electron chi connectivity index (χ1n) is 7.13. The summed E-state index contributed by atoms with van der Waals surface area (Å²) in [6.45, 7) is 8.06. The van der Waals surface area contributed by atoms with E-state index in [0.717, 1.165) is 27.3 Å². The maximum Gasteiger partial charge on any atom is 0.246 e. The summed E-state index contributed by atoms with van der Waals surface area (Å²) in [6.07, 6.45) is 1.73. The molecule has 2 aromatic rings. The van der Waals surface area contributed by atoms with Crippen molar-refractivity contribution in [2.24, 2.45) is 0 Å². The summed E-state index contributed by atoms with van der Waals surface area (Å²) in [7, 11) is -2.47. The van der Waals surface area contributed by atoms with Gasteiger partial charge in [-0.2, -0.15) is 9.40 Å². The van der Waals surface area contributed by atoms with E-state index < -0.39 is 15.8 Å². The number of benzene rings is 1. The molecule has 0 aliphatic rings. The molecule has 23 heavy (non-hydrogen) atoms. The van der Waals surface area contributed by atoms with Crippen LogP contribution in [0.5, 0.6) is 0 Å². The molecule has 0 bridgehead atoms. The highest BCUT2D eigenvalue weighted by atomic mass is 32.2. The van der Waals surface area contributed by atoms with Gasteiger partial charge < -0.3 is 0 Å². The van der Waals surface area contributed by atoms with Crippen molar-refractivity contribution in [2.45, 2.75) is 31.8 Å². The van der Waals surface area contributed by atoms with Crippen molar-refractivity contribution in [3.63, 3.8) is 0 Å². The lowest BCUT2D eigenvalue weighted by Gasteiger charge is -2.18. The molecule has 0 aliphatic carbocycles. The summed E-state index contributed by atoms with van der Waals surface area (Å²) < 4.78 is 41.8. The number of aryl methyl sites for hydroxylation is 1. The second-order valence-electron chi connectivity index (χ2n) is 5.31. The van der Waals surface area contributed by atoms with Gasteiger partial charge in [-0.3, -0.25) is 4.68 Å². The van der Waals surface area contributed by atoms with Gasteiger partial charge in [0.15, 0.2) is 0 Å². The molecule has 0 saturated heterocycles. The number of hydrogen-bond donors (Lipinski definition) is 0. The quantitative estimate of drug-likeness (QED) is 0.762. The monoisotopic (exact) mass is 337 g/mol. The molecular formula is C16H20FN3O2S. The highest BCUT2D eigenvalue weighted by molar-refractivity contribution is 7.89. The molecule has 0 saturated carbocycles. The van der Waals surface area contributed by atoms with Crippen molar-refractivity contribution in [1.29, 1.82) is 0 Å². The Bertz CT molecular complexity index is 828. The Morgan fingerprint density at radius 3 is 2.61 bits per heavy atom. The van der Waals surface area contributed by atoms with Gasteiger partial charge in [0, 0.05) is 24.8 Å². The molecule has 2 rings (SSSR count). The zero-order valence-corrected chi connectivity index (χ0v) is 14.3. The fourth-order valence-electron chi connectivity index (χ4n) is 2.39. The number of sulfonamides is 1. The number of allylic oxidation sites excluding steroid dienone is 1. The summed E-state index contributed by atoms with van der Waals surface area (Å²) in [4.78, 5) is -0.323. The Labute approximate surface area is 136 Å². The van der Waals surface area contributed by atoms with E-state index in [2.05, 4.69) is 11.7 Å². The average Bonchev–Trinajstić information content (AvgIpc) is 2.75. The molecule has 0 fully saturated rings. The largest absolute Gasteiger partial charge is 0.265 e. The number of aromatic nitrogens is 2. The van der Waals surface area contributed by atoms with E-state index in [4.69, 9.17) is 0 Å². The number of rotatable bonds is 6. The fourth-order valence-corrected chi connectivity index (χ4v) is 3.59.